The maximum absolute atomic E-state index is 13.0. The van der Waals surface area contributed by atoms with Crippen LogP contribution in [0.4, 0.5) is 0 Å². The van der Waals surface area contributed by atoms with Crippen LogP contribution < -0.4 is 5.32 Å². The van der Waals surface area contributed by atoms with Gasteiger partial charge in [0.2, 0.25) is 12.3 Å². The Bertz CT molecular complexity index is 1320. The third-order valence-electron chi connectivity index (χ3n) is 5.24. The minimum Gasteiger partial charge on any atom is -0.426 e. The molecule has 8 nitrogen and oxygen atoms in total. The van der Waals surface area contributed by atoms with Gasteiger partial charge < -0.3 is 14.7 Å². The number of nitrogens with one attached hydrogen (secondary N) is 2. The van der Waals surface area contributed by atoms with Crippen LogP contribution in [0.3, 0.4) is 0 Å². The Morgan fingerprint density at radius 1 is 1.06 bits per heavy atom. The highest BCUT2D eigenvalue weighted by molar-refractivity contribution is 5.97. The van der Waals surface area contributed by atoms with Crippen LogP contribution >= 0.6 is 0 Å². The summed E-state index contributed by atoms with van der Waals surface area (Å²) in [5.74, 6) is 0.895. The van der Waals surface area contributed by atoms with E-state index in [1.54, 1.807) is 24.5 Å². The average molecular weight is 424 g/mol. The first-order valence-corrected chi connectivity index (χ1v) is 10.3. The zero-order chi connectivity index (χ0) is 21.8. The Hall–Kier alpha value is -4.33. The Labute approximate surface area is 183 Å². The van der Waals surface area contributed by atoms with Gasteiger partial charge in [-0.05, 0) is 48.7 Å². The second-order valence-electron chi connectivity index (χ2n) is 7.38. The van der Waals surface area contributed by atoms with E-state index >= 15 is 0 Å². The summed E-state index contributed by atoms with van der Waals surface area (Å²) in [5, 5.41) is 10.8. The van der Waals surface area contributed by atoms with Crippen molar-refractivity contribution in [2.75, 3.05) is 0 Å². The molecule has 0 radical (unpaired) electrons. The molecule has 2 aromatic carbocycles. The number of hydrogen-bond donors (Lipinski definition) is 2. The lowest BCUT2D eigenvalue weighted by Crippen LogP contribution is -2.29. The number of carbonyl (C=O) groups is 1. The van der Waals surface area contributed by atoms with Gasteiger partial charge in [-0.15, -0.1) is 10.2 Å². The zero-order valence-corrected chi connectivity index (χ0v) is 17.1. The molecule has 0 spiro atoms. The van der Waals surface area contributed by atoms with Gasteiger partial charge >= 0.3 is 0 Å². The highest BCUT2D eigenvalue weighted by Crippen LogP contribution is 2.22. The van der Waals surface area contributed by atoms with Crippen LogP contribution in [-0.2, 0) is 6.42 Å². The van der Waals surface area contributed by atoms with Gasteiger partial charge in [-0.3, -0.25) is 9.78 Å². The normalized spacial score (nSPS) is 12.0. The number of rotatable bonds is 7. The van der Waals surface area contributed by atoms with E-state index in [4.69, 9.17) is 4.42 Å². The number of pyridine rings is 1. The van der Waals surface area contributed by atoms with Gasteiger partial charge in [0.1, 0.15) is 11.9 Å². The summed E-state index contributed by atoms with van der Waals surface area (Å²) in [6, 6.07) is 18.8. The smallest absolute Gasteiger partial charge is 0.252 e. The van der Waals surface area contributed by atoms with E-state index in [1.807, 2.05) is 36.4 Å². The lowest BCUT2D eigenvalue weighted by molar-refractivity contribution is 0.0928. The third kappa shape index (κ3) is 4.24. The predicted molar refractivity (Wildman–Crippen MR) is 119 cm³/mol. The lowest BCUT2D eigenvalue weighted by Gasteiger charge is -2.15. The summed E-state index contributed by atoms with van der Waals surface area (Å²) < 4.78 is 5.39. The number of imidazole rings is 1. The molecule has 158 valence electrons. The molecule has 5 rings (SSSR count). The Balaban J connectivity index is 1.35. The van der Waals surface area contributed by atoms with Gasteiger partial charge in [-0.1, -0.05) is 30.3 Å². The number of aryl methyl sites for hydroxylation is 1. The molecule has 8 heteroatoms. The second-order valence-corrected chi connectivity index (χ2v) is 7.38. The van der Waals surface area contributed by atoms with Gasteiger partial charge in [0.25, 0.3) is 5.91 Å². The average Bonchev–Trinajstić information content (AvgIpc) is 3.52. The van der Waals surface area contributed by atoms with Crippen LogP contribution in [0.2, 0.25) is 0 Å². The maximum atomic E-state index is 13.0. The first-order chi connectivity index (χ1) is 15.8. The fourth-order valence-corrected chi connectivity index (χ4v) is 3.59. The lowest BCUT2D eigenvalue weighted by atomic mass is 10.0. The second kappa shape index (κ2) is 8.81. The largest absolute Gasteiger partial charge is 0.426 e. The molecule has 0 fully saturated rings. The molecule has 0 saturated carbocycles. The highest BCUT2D eigenvalue weighted by Gasteiger charge is 2.21. The fraction of sp³-hybridized carbons (Fsp3) is 0.125. The van der Waals surface area contributed by atoms with E-state index in [0.717, 1.165) is 28.8 Å². The molecule has 0 bridgehead atoms. The summed E-state index contributed by atoms with van der Waals surface area (Å²) in [6.07, 6.45) is 6.11. The number of aromatic amines is 1. The number of hydrogen-bond acceptors (Lipinski definition) is 6. The molecule has 0 saturated heterocycles. The third-order valence-corrected chi connectivity index (χ3v) is 5.24. The molecule has 3 heterocycles. The van der Waals surface area contributed by atoms with E-state index in [-0.39, 0.29) is 5.91 Å². The van der Waals surface area contributed by atoms with E-state index < -0.39 is 6.04 Å². The van der Waals surface area contributed by atoms with Gasteiger partial charge in [0.05, 0.1) is 11.0 Å². The minimum atomic E-state index is -0.393. The van der Waals surface area contributed by atoms with Gasteiger partial charge in [0.15, 0.2) is 0 Å². The van der Waals surface area contributed by atoms with E-state index in [9.17, 15) is 4.79 Å². The van der Waals surface area contributed by atoms with Crippen LogP contribution in [0, 0.1) is 0 Å². The van der Waals surface area contributed by atoms with Gasteiger partial charge in [-0.2, -0.15) is 0 Å². The molecule has 1 unspecified atom stereocenters. The molecule has 0 aliphatic rings. The quantitative estimate of drug-likeness (QED) is 0.407. The first-order valence-electron chi connectivity index (χ1n) is 10.3. The molecule has 0 aliphatic heterocycles. The monoisotopic (exact) mass is 424 g/mol. The molecule has 1 amide bonds. The van der Waals surface area contributed by atoms with Crippen LogP contribution in [0.1, 0.15) is 34.3 Å². The number of nitrogens with zero attached hydrogens (tertiary/aromatic N) is 4. The Morgan fingerprint density at radius 3 is 2.69 bits per heavy atom. The van der Waals surface area contributed by atoms with E-state index in [1.165, 1.54) is 12.0 Å². The summed E-state index contributed by atoms with van der Waals surface area (Å²) >= 11 is 0. The van der Waals surface area contributed by atoms with Gasteiger partial charge in [0, 0.05) is 23.5 Å². The van der Waals surface area contributed by atoms with E-state index in [2.05, 4.69) is 42.6 Å². The number of H-pyrrole nitrogens is 1. The standard InChI is InChI=1S/C24H20N6O2/c31-23(29-20(24-30-26-15-32-24)8-6-16-4-2-1-3-5-16)18-7-9-19-21(14-18)28-22(27-19)17-10-12-25-13-11-17/h1-5,7,9-15,20H,6,8H2,(H,27,28)(H,29,31). The summed E-state index contributed by atoms with van der Waals surface area (Å²) in [4.78, 5) is 24.9. The molecule has 5 aromatic rings. The van der Waals surface area contributed by atoms with E-state index in [0.29, 0.717) is 17.9 Å². The summed E-state index contributed by atoms with van der Waals surface area (Å²) in [7, 11) is 0. The molecule has 3 aromatic heterocycles. The minimum absolute atomic E-state index is 0.219. The van der Waals surface area contributed by atoms with Crippen LogP contribution in [-0.4, -0.2) is 31.1 Å². The number of benzene rings is 2. The SMILES string of the molecule is O=C(NC(CCc1ccccc1)c1nnco1)c1ccc2nc(-c3ccncc3)[nH]c2c1. The summed E-state index contributed by atoms with van der Waals surface area (Å²) in [5.41, 5.74) is 4.19. The van der Waals surface area contributed by atoms with Crippen molar-refractivity contribution in [3.05, 3.63) is 96.5 Å². The number of amides is 1. The van der Waals surface area contributed by atoms with Crippen LogP contribution in [0.15, 0.2) is 83.9 Å². The fourth-order valence-electron chi connectivity index (χ4n) is 3.59. The Morgan fingerprint density at radius 2 is 1.91 bits per heavy atom. The van der Waals surface area contributed by atoms with Crippen molar-refractivity contribution in [2.45, 2.75) is 18.9 Å². The van der Waals surface area contributed by atoms with Gasteiger partial charge in [-0.25, -0.2) is 4.98 Å². The maximum Gasteiger partial charge on any atom is 0.252 e. The van der Waals surface area contributed by atoms with Crippen molar-refractivity contribution in [1.82, 2.24) is 30.5 Å². The molecule has 0 aliphatic carbocycles. The highest BCUT2D eigenvalue weighted by atomic mass is 16.4. The number of carbonyl (C=O) groups excluding carboxylic acids is 1. The first kappa shape index (κ1) is 19.6. The number of fused-ring (bicyclic) bond motifs is 1. The van der Waals surface area contributed by atoms with Crippen molar-refractivity contribution in [3.63, 3.8) is 0 Å². The van der Waals surface area contributed by atoms with Crippen molar-refractivity contribution < 1.29 is 9.21 Å². The molecule has 2 N–H and O–H groups in total. The van der Waals surface area contributed by atoms with Crippen molar-refractivity contribution in [1.29, 1.82) is 0 Å². The van der Waals surface area contributed by atoms with Crippen molar-refractivity contribution in [3.8, 4) is 11.4 Å². The molecule has 1 atom stereocenters. The van der Waals surface area contributed by atoms with Crippen LogP contribution in [0.25, 0.3) is 22.4 Å². The van der Waals surface area contributed by atoms with Crippen molar-refractivity contribution >= 4 is 16.9 Å². The van der Waals surface area contributed by atoms with Crippen LogP contribution in [0.5, 0.6) is 0 Å². The zero-order valence-electron chi connectivity index (χ0n) is 17.1. The topological polar surface area (TPSA) is 110 Å². The Kier molecular flexibility index (Phi) is 5.40. The number of aromatic nitrogens is 5. The predicted octanol–water partition coefficient (Wildman–Crippen LogP) is 4.11. The summed E-state index contributed by atoms with van der Waals surface area (Å²) in [6.45, 7) is 0. The molecular formula is C24H20N6O2. The molecule has 32 heavy (non-hydrogen) atoms. The van der Waals surface area contributed by atoms with Crippen molar-refractivity contribution in [2.24, 2.45) is 0 Å². The molecular weight excluding hydrogens is 404 g/mol.